The SMILES string of the molecule is [2H]c1c(C)ccc(=O)n1-c1ccccc1. The van der Waals surface area contributed by atoms with Gasteiger partial charge in [-0.3, -0.25) is 9.36 Å². The van der Waals surface area contributed by atoms with Gasteiger partial charge in [0.2, 0.25) is 0 Å². The molecule has 1 heterocycles. The Kier molecular flexibility index (Phi) is 1.89. The van der Waals surface area contributed by atoms with Crippen LogP contribution in [0, 0.1) is 6.92 Å². The van der Waals surface area contributed by atoms with Crippen molar-refractivity contribution in [3.8, 4) is 5.69 Å². The highest BCUT2D eigenvalue weighted by Crippen LogP contribution is 2.04. The maximum absolute atomic E-state index is 11.6. The highest BCUT2D eigenvalue weighted by molar-refractivity contribution is 5.32. The van der Waals surface area contributed by atoms with E-state index in [2.05, 4.69) is 0 Å². The van der Waals surface area contributed by atoms with Crippen molar-refractivity contribution < 1.29 is 1.37 Å². The number of nitrogens with zero attached hydrogens (tertiary/aromatic N) is 1. The molecule has 0 N–H and O–H groups in total. The van der Waals surface area contributed by atoms with E-state index in [1.165, 1.54) is 10.6 Å². The zero-order chi connectivity index (χ0) is 10.8. The van der Waals surface area contributed by atoms with Crippen LogP contribution in [-0.2, 0) is 0 Å². The van der Waals surface area contributed by atoms with E-state index in [9.17, 15) is 4.79 Å². The molecule has 0 bridgehead atoms. The molecule has 0 amide bonds. The van der Waals surface area contributed by atoms with Crippen LogP contribution in [0.5, 0.6) is 0 Å². The summed E-state index contributed by atoms with van der Waals surface area (Å²) in [5.41, 5.74) is 1.35. The summed E-state index contributed by atoms with van der Waals surface area (Å²) in [7, 11) is 0. The van der Waals surface area contributed by atoms with Gasteiger partial charge in [-0.25, -0.2) is 0 Å². The third-order valence-corrected chi connectivity index (χ3v) is 2.00. The summed E-state index contributed by atoms with van der Waals surface area (Å²) < 4.78 is 9.23. The molecule has 2 nitrogen and oxygen atoms in total. The molecule has 70 valence electrons. The smallest absolute Gasteiger partial charge is 0.255 e. The normalized spacial score (nSPS) is 11.1. The molecule has 0 saturated carbocycles. The topological polar surface area (TPSA) is 22.0 Å². The first-order chi connectivity index (χ1) is 7.20. The maximum atomic E-state index is 11.6. The van der Waals surface area contributed by atoms with Crippen LogP contribution in [-0.4, -0.2) is 4.57 Å². The molecule has 0 aliphatic carbocycles. The Morgan fingerprint density at radius 1 is 1.14 bits per heavy atom. The number of aromatic nitrogens is 1. The molecule has 2 aromatic rings. The molecule has 2 rings (SSSR count). The van der Waals surface area contributed by atoms with Crippen LogP contribution in [0.1, 0.15) is 6.93 Å². The molecule has 0 unspecified atom stereocenters. The zero-order valence-corrected chi connectivity index (χ0v) is 7.90. The second-order valence-electron chi connectivity index (χ2n) is 3.14. The Morgan fingerprint density at radius 3 is 2.57 bits per heavy atom. The monoisotopic (exact) mass is 186 g/mol. The maximum Gasteiger partial charge on any atom is 0.255 e. The van der Waals surface area contributed by atoms with E-state index >= 15 is 0 Å². The van der Waals surface area contributed by atoms with Gasteiger partial charge in [-0.15, -0.1) is 0 Å². The van der Waals surface area contributed by atoms with Gasteiger partial charge in [-0.05, 0) is 24.6 Å². The molecule has 14 heavy (non-hydrogen) atoms. The van der Waals surface area contributed by atoms with Crippen LogP contribution in [0.25, 0.3) is 5.69 Å². The lowest BCUT2D eigenvalue weighted by atomic mass is 10.3. The van der Waals surface area contributed by atoms with Gasteiger partial charge in [0.05, 0.1) is 1.37 Å². The molecule has 0 aliphatic heterocycles. The van der Waals surface area contributed by atoms with Crippen LogP contribution < -0.4 is 5.56 Å². The Morgan fingerprint density at radius 2 is 1.86 bits per heavy atom. The van der Waals surface area contributed by atoms with Gasteiger partial charge in [0.25, 0.3) is 5.56 Å². The third-order valence-electron chi connectivity index (χ3n) is 2.00. The van der Waals surface area contributed by atoms with E-state index in [-0.39, 0.29) is 11.7 Å². The van der Waals surface area contributed by atoms with E-state index in [0.717, 1.165) is 11.3 Å². The zero-order valence-electron chi connectivity index (χ0n) is 8.90. The fourth-order valence-corrected chi connectivity index (χ4v) is 1.31. The van der Waals surface area contributed by atoms with Gasteiger partial charge in [0.15, 0.2) is 0 Å². The summed E-state index contributed by atoms with van der Waals surface area (Å²) in [6.07, 6.45) is 0.244. The van der Waals surface area contributed by atoms with Gasteiger partial charge >= 0.3 is 0 Å². The lowest BCUT2D eigenvalue weighted by Crippen LogP contribution is -2.16. The van der Waals surface area contributed by atoms with Gasteiger partial charge in [0.1, 0.15) is 0 Å². The van der Waals surface area contributed by atoms with Crippen LogP contribution in [0.4, 0.5) is 0 Å². The average molecular weight is 186 g/mol. The van der Waals surface area contributed by atoms with Crippen LogP contribution in [0.3, 0.4) is 0 Å². The van der Waals surface area contributed by atoms with Crippen molar-refractivity contribution >= 4 is 0 Å². The quantitative estimate of drug-likeness (QED) is 0.668. The van der Waals surface area contributed by atoms with E-state index in [4.69, 9.17) is 1.37 Å². The summed E-state index contributed by atoms with van der Waals surface area (Å²) in [5.74, 6) is 0. The van der Waals surface area contributed by atoms with Gasteiger partial charge < -0.3 is 0 Å². The Labute approximate surface area is 83.8 Å². The molecule has 2 heteroatoms. The average Bonchev–Trinajstić information content (AvgIpc) is 2.26. The number of rotatable bonds is 1. The lowest BCUT2D eigenvalue weighted by molar-refractivity contribution is 0.976. The Bertz CT molecular complexity index is 531. The predicted octanol–water partition coefficient (Wildman–Crippen LogP) is 2.15. The van der Waals surface area contributed by atoms with Crippen molar-refractivity contribution in [2.24, 2.45) is 0 Å². The molecule has 0 fully saturated rings. The first-order valence-electron chi connectivity index (χ1n) is 4.95. The molecule has 0 aliphatic rings. The third kappa shape index (κ3) is 1.59. The van der Waals surface area contributed by atoms with Crippen LogP contribution >= 0.6 is 0 Å². The number of hydrogen-bond acceptors (Lipinski definition) is 1. The molecular formula is C12H11NO. The second kappa shape index (κ2) is 3.50. The Balaban J connectivity index is 2.73. The second-order valence-corrected chi connectivity index (χ2v) is 3.14. The minimum absolute atomic E-state index is 0.170. The van der Waals surface area contributed by atoms with Gasteiger partial charge in [-0.2, -0.15) is 0 Å². The van der Waals surface area contributed by atoms with Crippen molar-refractivity contribution in [2.45, 2.75) is 6.92 Å². The van der Waals surface area contributed by atoms with Gasteiger partial charge in [-0.1, -0.05) is 24.3 Å². The minimum atomic E-state index is -0.170. The van der Waals surface area contributed by atoms with Crippen molar-refractivity contribution in [1.29, 1.82) is 0 Å². The number of hydrogen-bond donors (Lipinski definition) is 0. The summed E-state index contributed by atoms with van der Waals surface area (Å²) in [6, 6.07) is 12.4. The summed E-state index contributed by atoms with van der Waals surface area (Å²) >= 11 is 0. The summed E-state index contributed by atoms with van der Waals surface area (Å²) in [4.78, 5) is 11.6. The van der Waals surface area contributed by atoms with Crippen molar-refractivity contribution in [2.75, 3.05) is 0 Å². The fraction of sp³-hybridized carbons (Fsp3) is 0.0833. The molecular weight excluding hydrogens is 174 g/mol. The molecule has 1 aromatic heterocycles. The largest absolute Gasteiger partial charge is 0.284 e. The van der Waals surface area contributed by atoms with Crippen LogP contribution in [0.2, 0.25) is 0 Å². The lowest BCUT2D eigenvalue weighted by Gasteiger charge is -2.05. The number of aryl methyl sites for hydroxylation is 1. The highest BCUT2D eigenvalue weighted by atomic mass is 16.1. The van der Waals surface area contributed by atoms with E-state index in [1.54, 1.807) is 6.07 Å². The molecule has 0 spiro atoms. The predicted molar refractivity (Wildman–Crippen MR) is 56.8 cm³/mol. The number of pyridine rings is 1. The summed E-state index contributed by atoms with van der Waals surface area (Å²) in [5, 5.41) is 0. The number of para-hydroxylation sites is 1. The standard InChI is InChI=1S/C12H11NO/c1-10-7-8-12(14)13(9-10)11-5-3-2-4-6-11/h2-9H,1H3/i9D. The highest BCUT2D eigenvalue weighted by Gasteiger charge is 1.97. The fourth-order valence-electron chi connectivity index (χ4n) is 1.31. The first kappa shape index (κ1) is 7.56. The number of benzene rings is 1. The van der Waals surface area contributed by atoms with Crippen molar-refractivity contribution in [3.05, 3.63) is 64.6 Å². The van der Waals surface area contributed by atoms with E-state index in [1.807, 2.05) is 37.3 Å². The first-order valence-corrected chi connectivity index (χ1v) is 4.45. The molecule has 0 atom stereocenters. The van der Waals surface area contributed by atoms with Crippen LogP contribution in [0.15, 0.2) is 53.4 Å². The van der Waals surface area contributed by atoms with Crippen molar-refractivity contribution in [1.82, 2.24) is 4.57 Å². The Hall–Kier alpha value is -1.83. The minimum Gasteiger partial charge on any atom is -0.284 e. The van der Waals surface area contributed by atoms with Gasteiger partial charge in [0, 0.05) is 17.9 Å². The molecule has 0 saturated heterocycles. The summed E-state index contributed by atoms with van der Waals surface area (Å²) in [6.45, 7) is 1.82. The molecule has 0 radical (unpaired) electrons. The van der Waals surface area contributed by atoms with E-state index < -0.39 is 0 Å². The van der Waals surface area contributed by atoms with E-state index in [0.29, 0.717) is 0 Å². The molecule has 1 aromatic carbocycles. The van der Waals surface area contributed by atoms with Crippen molar-refractivity contribution in [3.63, 3.8) is 0 Å².